The molecule has 4 heteroatoms. The number of benzene rings is 5. The van der Waals surface area contributed by atoms with E-state index >= 15 is 0 Å². The fourth-order valence-corrected chi connectivity index (χ4v) is 6.49. The van der Waals surface area contributed by atoms with Crippen molar-refractivity contribution in [3.05, 3.63) is 115 Å². The highest BCUT2D eigenvalue weighted by Gasteiger charge is 2.19. The molecule has 3 aromatic heterocycles. The van der Waals surface area contributed by atoms with Gasteiger partial charge in [-0.05, 0) is 47.9 Å². The Morgan fingerprint density at radius 3 is 2.33 bits per heavy atom. The molecule has 8 rings (SSSR count). The molecule has 0 radical (unpaired) electrons. The predicted molar refractivity (Wildman–Crippen MR) is 152 cm³/mol. The second kappa shape index (κ2) is 7.48. The van der Waals surface area contributed by atoms with E-state index in [1.54, 1.807) is 11.3 Å². The number of nitrogens with zero attached hydrogens (tertiary/aromatic N) is 3. The van der Waals surface area contributed by atoms with Gasteiger partial charge in [-0.15, -0.1) is 11.3 Å². The zero-order valence-corrected chi connectivity index (χ0v) is 20.0. The lowest BCUT2D eigenvalue weighted by molar-refractivity contribution is 1.19. The molecule has 0 saturated carbocycles. The summed E-state index contributed by atoms with van der Waals surface area (Å²) in [5, 5.41) is 7.14. The van der Waals surface area contributed by atoms with Gasteiger partial charge in [0.1, 0.15) is 5.01 Å². The zero-order valence-electron chi connectivity index (χ0n) is 19.2. The fraction of sp³-hybridized carbons (Fsp3) is 0. The van der Waals surface area contributed by atoms with Crippen molar-refractivity contribution in [2.75, 3.05) is 0 Å². The quantitative estimate of drug-likeness (QED) is 0.233. The molecule has 0 N–H and O–H groups in total. The molecule has 3 heterocycles. The molecule has 0 atom stereocenters. The highest BCUT2D eigenvalue weighted by molar-refractivity contribution is 7.21. The molecule has 0 spiro atoms. The summed E-state index contributed by atoms with van der Waals surface area (Å²) in [6.45, 7) is 0. The number of aromatic nitrogens is 3. The van der Waals surface area contributed by atoms with Crippen molar-refractivity contribution in [1.82, 2.24) is 14.5 Å². The Balaban J connectivity index is 1.51. The Morgan fingerprint density at radius 2 is 1.42 bits per heavy atom. The van der Waals surface area contributed by atoms with Crippen LogP contribution < -0.4 is 0 Å². The minimum Gasteiger partial charge on any atom is -0.309 e. The Labute approximate surface area is 210 Å². The predicted octanol–water partition coefficient (Wildman–Crippen LogP) is 8.76. The standard InChI is InChI=1S/C32H19N3S/c1-2-12-23-22(11-1)29-24-13-3-5-16-27(24)35(31(29)25-14-8-18-33-30(23)25)21-10-7-9-20(19-21)32-34-26-15-4-6-17-28(26)36-32/h1-19H. The van der Waals surface area contributed by atoms with Crippen LogP contribution in [0, 0.1) is 0 Å². The maximum Gasteiger partial charge on any atom is 0.124 e. The Kier molecular flexibility index (Phi) is 4.10. The maximum atomic E-state index is 4.92. The van der Waals surface area contributed by atoms with Gasteiger partial charge in [-0.25, -0.2) is 4.98 Å². The Morgan fingerprint density at radius 1 is 0.639 bits per heavy atom. The van der Waals surface area contributed by atoms with E-state index in [1.165, 1.54) is 37.3 Å². The molecule has 0 amide bonds. The molecule has 8 aromatic rings. The van der Waals surface area contributed by atoms with E-state index in [2.05, 4.69) is 102 Å². The second-order valence-electron chi connectivity index (χ2n) is 9.06. The molecule has 0 bridgehead atoms. The Bertz CT molecular complexity index is 2080. The molecule has 3 nitrogen and oxygen atoms in total. The van der Waals surface area contributed by atoms with E-state index in [-0.39, 0.29) is 0 Å². The zero-order chi connectivity index (χ0) is 23.6. The van der Waals surface area contributed by atoms with E-state index in [4.69, 9.17) is 9.97 Å². The molecular weight excluding hydrogens is 458 g/mol. The third kappa shape index (κ3) is 2.73. The van der Waals surface area contributed by atoms with Gasteiger partial charge in [-0.3, -0.25) is 4.98 Å². The Hall–Kier alpha value is -4.54. The molecule has 168 valence electrons. The number of hydrogen-bond donors (Lipinski definition) is 0. The first-order chi connectivity index (χ1) is 17.9. The highest BCUT2D eigenvalue weighted by atomic mass is 32.1. The number of hydrogen-bond acceptors (Lipinski definition) is 3. The first kappa shape index (κ1) is 19.7. The van der Waals surface area contributed by atoms with Crippen molar-refractivity contribution in [2.45, 2.75) is 0 Å². The van der Waals surface area contributed by atoms with Crippen molar-refractivity contribution >= 4 is 65.0 Å². The van der Waals surface area contributed by atoms with Gasteiger partial charge < -0.3 is 4.57 Å². The van der Waals surface area contributed by atoms with Crippen LogP contribution in [0.3, 0.4) is 0 Å². The fourth-order valence-electron chi connectivity index (χ4n) is 5.53. The van der Waals surface area contributed by atoms with E-state index in [9.17, 15) is 0 Å². The average Bonchev–Trinajstić information content (AvgIpc) is 3.53. The summed E-state index contributed by atoms with van der Waals surface area (Å²) in [6, 6.07) is 38.7. The molecule has 36 heavy (non-hydrogen) atoms. The highest BCUT2D eigenvalue weighted by Crippen LogP contribution is 2.42. The maximum absolute atomic E-state index is 4.92. The summed E-state index contributed by atoms with van der Waals surface area (Å²) in [6.07, 6.45) is 1.89. The molecule has 0 unspecified atom stereocenters. The van der Waals surface area contributed by atoms with Gasteiger partial charge in [-0.1, -0.05) is 66.7 Å². The van der Waals surface area contributed by atoms with E-state index in [0.717, 1.165) is 32.7 Å². The topological polar surface area (TPSA) is 30.7 Å². The first-order valence-corrected chi connectivity index (χ1v) is 12.8. The average molecular weight is 478 g/mol. The van der Waals surface area contributed by atoms with Crippen LogP contribution in [0.4, 0.5) is 0 Å². The number of thiazole rings is 1. The first-order valence-electron chi connectivity index (χ1n) is 12.0. The lowest BCUT2D eigenvalue weighted by Crippen LogP contribution is -1.95. The summed E-state index contributed by atoms with van der Waals surface area (Å²) in [5.41, 5.74) is 6.71. The van der Waals surface area contributed by atoms with Crippen LogP contribution in [0.15, 0.2) is 115 Å². The van der Waals surface area contributed by atoms with Crippen LogP contribution in [-0.4, -0.2) is 14.5 Å². The van der Waals surface area contributed by atoms with Crippen molar-refractivity contribution in [3.63, 3.8) is 0 Å². The van der Waals surface area contributed by atoms with Crippen molar-refractivity contribution in [1.29, 1.82) is 0 Å². The van der Waals surface area contributed by atoms with Crippen LogP contribution in [-0.2, 0) is 0 Å². The van der Waals surface area contributed by atoms with Gasteiger partial charge in [0.2, 0.25) is 0 Å². The number of rotatable bonds is 2. The van der Waals surface area contributed by atoms with Crippen molar-refractivity contribution < 1.29 is 0 Å². The third-order valence-electron chi connectivity index (χ3n) is 7.03. The van der Waals surface area contributed by atoms with Gasteiger partial charge in [0.05, 0.1) is 26.8 Å². The summed E-state index contributed by atoms with van der Waals surface area (Å²) >= 11 is 1.74. The van der Waals surface area contributed by atoms with Crippen LogP contribution in [0.1, 0.15) is 0 Å². The smallest absolute Gasteiger partial charge is 0.124 e. The molecule has 0 aliphatic carbocycles. The van der Waals surface area contributed by atoms with Gasteiger partial charge in [0, 0.05) is 39.0 Å². The number of para-hydroxylation sites is 2. The summed E-state index contributed by atoms with van der Waals surface area (Å²) in [4.78, 5) is 9.75. The van der Waals surface area contributed by atoms with Gasteiger partial charge in [-0.2, -0.15) is 0 Å². The van der Waals surface area contributed by atoms with Crippen LogP contribution in [0.5, 0.6) is 0 Å². The van der Waals surface area contributed by atoms with Crippen molar-refractivity contribution in [3.8, 4) is 16.3 Å². The lowest BCUT2D eigenvalue weighted by atomic mass is 10.00. The number of fused-ring (bicyclic) bond motifs is 9. The lowest BCUT2D eigenvalue weighted by Gasteiger charge is -2.12. The van der Waals surface area contributed by atoms with Crippen LogP contribution in [0.25, 0.3) is 70.0 Å². The molecule has 0 saturated heterocycles. The summed E-state index contributed by atoms with van der Waals surface area (Å²) in [7, 11) is 0. The largest absolute Gasteiger partial charge is 0.309 e. The minimum atomic E-state index is 1.03. The summed E-state index contributed by atoms with van der Waals surface area (Å²) < 4.78 is 3.61. The van der Waals surface area contributed by atoms with E-state index in [0.29, 0.717) is 0 Å². The molecule has 0 fully saturated rings. The third-order valence-corrected chi connectivity index (χ3v) is 8.12. The second-order valence-corrected chi connectivity index (χ2v) is 10.1. The van der Waals surface area contributed by atoms with E-state index in [1.807, 2.05) is 18.3 Å². The monoisotopic (exact) mass is 477 g/mol. The SMILES string of the molecule is c1cc(-c2nc3ccccc3s2)cc(-n2c3ccccc3c3c4ccccc4c4ncccc4c32)c1. The van der Waals surface area contributed by atoms with Gasteiger partial charge >= 0.3 is 0 Å². The van der Waals surface area contributed by atoms with Crippen LogP contribution >= 0.6 is 11.3 Å². The van der Waals surface area contributed by atoms with Crippen LogP contribution in [0.2, 0.25) is 0 Å². The molecule has 0 aliphatic rings. The number of pyridine rings is 1. The normalized spacial score (nSPS) is 11.9. The van der Waals surface area contributed by atoms with E-state index < -0.39 is 0 Å². The molecule has 0 aliphatic heterocycles. The summed E-state index contributed by atoms with van der Waals surface area (Å²) in [5.74, 6) is 0. The molecule has 5 aromatic carbocycles. The minimum absolute atomic E-state index is 1.03. The van der Waals surface area contributed by atoms with Gasteiger partial charge in [0.15, 0.2) is 0 Å². The molecular formula is C32H19N3S. The van der Waals surface area contributed by atoms with Gasteiger partial charge in [0.25, 0.3) is 0 Å². The van der Waals surface area contributed by atoms with Crippen molar-refractivity contribution in [2.24, 2.45) is 0 Å².